The molecule has 0 bridgehead atoms. The fraction of sp³-hybridized carbons (Fsp3) is 0.444. The van der Waals surface area contributed by atoms with Crippen LogP contribution in [-0.4, -0.2) is 5.78 Å². The van der Waals surface area contributed by atoms with Crippen LogP contribution in [-0.2, 0) is 4.79 Å². The zero-order chi connectivity index (χ0) is 8.27. The van der Waals surface area contributed by atoms with Crippen LogP contribution in [0.1, 0.15) is 19.8 Å². The van der Waals surface area contributed by atoms with Crippen LogP contribution in [0, 0.1) is 5.92 Å². The van der Waals surface area contributed by atoms with Crippen LogP contribution in [0.4, 0.5) is 0 Å². The third kappa shape index (κ3) is 3.18. The zero-order valence-electron chi connectivity index (χ0n) is 6.51. The smallest absolute Gasteiger partial charge is 0.155 e. The zero-order valence-corrected chi connectivity index (χ0v) is 8.67. The van der Waals surface area contributed by atoms with Crippen molar-refractivity contribution >= 4 is 28.4 Å². The van der Waals surface area contributed by atoms with E-state index in [2.05, 4.69) is 35.6 Å². The summed E-state index contributed by atoms with van der Waals surface area (Å²) in [6.45, 7) is 2.07. The van der Waals surface area contributed by atoms with E-state index in [9.17, 15) is 4.79 Å². The first-order valence-corrected chi connectivity index (χ1v) is 4.79. The van der Waals surface area contributed by atoms with Crippen molar-refractivity contribution in [1.82, 2.24) is 0 Å². The number of allylic oxidation sites excluding steroid dienone is 4. The van der Waals surface area contributed by atoms with Gasteiger partial charge in [0.05, 0.1) is 0 Å². The van der Waals surface area contributed by atoms with Gasteiger partial charge < -0.3 is 0 Å². The Morgan fingerprint density at radius 3 is 3.09 bits per heavy atom. The van der Waals surface area contributed by atoms with E-state index in [-0.39, 0.29) is 5.78 Å². The van der Waals surface area contributed by atoms with Gasteiger partial charge in [-0.1, -0.05) is 12.2 Å². The van der Waals surface area contributed by atoms with Gasteiger partial charge in [0.2, 0.25) is 0 Å². The number of carbonyl (C=O) groups excluding carboxylic acids is 1. The van der Waals surface area contributed by atoms with Crippen LogP contribution < -0.4 is 0 Å². The Morgan fingerprint density at radius 2 is 2.64 bits per heavy atom. The van der Waals surface area contributed by atoms with Crippen molar-refractivity contribution in [3.05, 3.63) is 21.8 Å². The van der Waals surface area contributed by atoms with Crippen molar-refractivity contribution in [3.8, 4) is 0 Å². The molecule has 0 fully saturated rings. The molecule has 1 atom stereocenters. The van der Waals surface area contributed by atoms with Crippen molar-refractivity contribution in [3.63, 3.8) is 0 Å². The predicted molar refractivity (Wildman–Crippen MR) is 54.6 cm³/mol. The quantitative estimate of drug-likeness (QED) is 0.699. The average Bonchev–Trinajstić information content (AvgIpc) is 2.31. The maximum atomic E-state index is 10.8. The van der Waals surface area contributed by atoms with Crippen LogP contribution in [0.15, 0.2) is 21.8 Å². The van der Waals surface area contributed by atoms with Gasteiger partial charge in [-0.05, 0) is 51.5 Å². The number of hydrogen-bond donors (Lipinski definition) is 0. The van der Waals surface area contributed by atoms with Crippen molar-refractivity contribution in [1.29, 1.82) is 0 Å². The van der Waals surface area contributed by atoms with Crippen molar-refractivity contribution in [2.45, 2.75) is 19.8 Å². The van der Waals surface area contributed by atoms with Crippen LogP contribution in [0.2, 0.25) is 0 Å². The minimum atomic E-state index is 0.273. The lowest BCUT2D eigenvalue weighted by Gasteiger charge is -2.00. The molecule has 0 saturated heterocycles. The van der Waals surface area contributed by atoms with Crippen molar-refractivity contribution in [2.24, 2.45) is 5.92 Å². The van der Waals surface area contributed by atoms with Crippen LogP contribution >= 0.6 is 22.6 Å². The summed E-state index contributed by atoms with van der Waals surface area (Å²) in [4.78, 5) is 10.8. The van der Waals surface area contributed by atoms with E-state index in [1.54, 1.807) is 6.08 Å². The molecule has 1 rings (SSSR count). The Bertz CT molecular complexity index is 212. The Labute approximate surface area is 80.7 Å². The molecule has 0 saturated carbocycles. The third-order valence-electron chi connectivity index (χ3n) is 1.72. The highest BCUT2D eigenvalue weighted by molar-refractivity contribution is 14.1. The molecule has 0 aromatic rings. The largest absolute Gasteiger partial charge is 0.295 e. The van der Waals surface area contributed by atoms with E-state index in [4.69, 9.17) is 0 Å². The second kappa shape index (κ2) is 4.04. The third-order valence-corrected chi connectivity index (χ3v) is 2.16. The molecule has 60 valence electrons. The summed E-state index contributed by atoms with van der Waals surface area (Å²) in [5.74, 6) is 0.738. The molecule has 11 heavy (non-hydrogen) atoms. The van der Waals surface area contributed by atoms with Gasteiger partial charge in [0.1, 0.15) is 0 Å². The Kier molecular flexibility index (Phi) is 3.30. The van der Waals surface area contributed by atoms with E-state index in [0.717, 1.165) is 6.42 Å². The van der Waals surface area contributed by atoms with Gasteiger partial charge in [-0.25, -0.2) is 0 Å². The van der Waals surface area contributed by atoms with Crippen molar-refractivity contribution in [2.75, 3.05) is 0 Å². The number of hydrogen-bond acceptors (Lipinski definition) is 1. The molecule has 1 aliphatic carbocycles. The molecule has 0 aliphatic heterocycles. The molecule has 0 amide bonds. The van der Waals surface area contributed by atoms with Gasteiger partial charge in [0, 0.05) is 6.42 Å². The van der Waals surface area contributed by atoms with E-state index in [0.29, 0.717) is 12.3 Å². The second-order valence-electron chi connectivity index (χ2n) is 2.82. The molecule has 0 N–H and O–H groups in total. The summed E-state index contributed by atoms with van der Waals surface area (Å²) in [5, 5.41) is 0. The second-order valence-corrected chi connectivity index (χ2v) is 4.52. The first-order valence-electron chi connectivity index (χ1n) is 3.72. The number of carbonyl (C=O) groups is 1. The highest BCUT2D eigenvalue weighted by Gasteiger charge is 2.13. The van der Waals surface area contributed by atoms with Gasteiger partial charge in [-0.15, -0.1) is 0 Å². The predicted octanol–water partition coefficient (Wildman–Crippen LogP) is 2.86. The summed E-state index contributed by atoms with van der Waals surface area (Å²) >= 11 is 2.29. The Morgan fingerprint density at radius 1 is 1.91 bits per heavy atom. The molecule has 0 radical (unpaired) electrons. The number of ketones is 1. The molecule has 1 nitrogen and oxygen atoms in total. The minimum Gasteiger partial charge on any atom is -0.295 e. The fourth-order valence-corrected chi connectivity index (χ4v) is 1.37. The van der Waals surface area contributed by atoms with E-state index in [1.165, 1.54) is 3.58 Å². The molecule has 1 unspecified atom stereocenters. The van der Waals surface area contributed by atoms with Gasteiger partial charge in [0.15, 0.2) is 5.78 Å². The lowest BCUT2D eigenvalue weighted by atomic mass is 10.1. The van der Waals surface area contributed by atoms with E-state index < -0.39 is 0 Å². The van der Waals surface area contributed by atoms with Gasteiger partial charge in [-0.2, -0.15) is 0 Å². The first kappa shape index (κ1) is 8.97. The molecule has 0 aromatic heterocycles. The fourth-order valence-electron chi connectivity index (χ4n) is 1.11. The highest BCUT2D eigenvalue weighted by atomic mass is 127. The lowest BCUT2D eigenvalue weighted by Crippen LogP contribution is -1.94. The molecule has 0 spiro atoms. The summed E-state index contributed by atoms with van der Waals surface area (Å²) in [5.41, 5.74) is 0. The molecule has 0 aromatic carbocycles. The SMILES string of the molecule is C/C(I)=C/CC1C=CC(=O)C1. The van der Waals surface area contributed by atoms with Gasteiger partial charge >= 0.3 is 0 Å². The average molecular weight is 262 g/mol. The summed E-state index contributed by atoms with van der Waals surface area (Å²) in [6, 6.07) is 0. The van der Waals surface area contributed by atoms with Gasteiger partial charge in [-0.3, -0.25) is 4.79 Å². The molecule has 0 heterocycles. The summed E-state index contributed by atoms with van der Waals surface area (Å²) in [7, 11) is 0. The maximum absolute atomic E-state index is 10.8. The lowest BCUT2D eigenvalue weighted by molar-refractivity contribution is -0.114. The maximum Gasteiger partial charge on any atom is 0.155 e. The van der Waals surface area contributed by atoms with Crippen LogP contribution in [0.3, 0.4) is 0 Å². The molecular formula is C9H11IO. The Hall–Kier alpha value is -0.120. The Balaban J connectivity index is 2.36. The van der Waals surface area contributed by atoms with E-state index in [1.807, 2.05) is 6.08 Å². The molecule has 2 heteroatoms. The summed E-state index contributed by atoms with van der Waals surface area (Å²) in [6.07, 6.45) is 7.60. The van der Waals surface area contributed by atoms with Crippen molar-refractivity contribution < 1.29 is 4.79 Å². The molecular weight excluding hydrogens is 251 g/mol. The monoisotopic (exact) mass is 262 g/mol. The topological polar surface area (TPSA) is 17.1 Å². The highest BCUT2D eigenvalue weighted by Crippen LogP contribution is 2.20. The van der Waals surface area contributed by atoms with Crippen LogP contribution in [0.25, 0.3) is 0 Å². The number of halogens is 1. The summed E-state index contributed by atoms with van der Waals surface area (Å²) < 4.78 is 1.30. The normalized spacial score (nSPS) is 24.7. The number of rotatable bonds is 2. The standard InChI is InChI=1S/C9H11IO/c1-7(10)2-3-8-4-5-9(11)6-8/h2,4-5,8H,3,6H2,1H3/b7-2-. The minimum absolute atomic E-state index is 0.273. The van der Waals surface area contributed by atoms with Crippen LogP contribution in [0.5, 0.6) is 0 Å². The van der Waals surface area contributed by atoms with Gasteiger partial charge in [0.25, 0.3) is 0 Å². The van der Waals surface area contributed by atoms with E-state index >= 15 is 0 Å². The first-order chi connectivity index (χ1) is 5.18. The molecule has 1 aliphatic rings.